The van der Waals surface area contributed by atoms with Gasteiger partial charge < -0.3 is 4.79 Å². The van der Waals surface area contributed by atoms with Crippen molar-refractivity contribution in [3.8, 4) is 0 Å². The lowest BCUT2D eigenvalue weighted by Crippen LogP contribution is -2.30. The maximum atomic E-state index is 11.4. The van der Waals surface area contributed by atoms with Crippen LogP contribution in [0.2, 0.25) is 0 Å². The Hall–Kier alpha value is -0.760. The maximum absolute atomic E-state index is 11.4. The van der Waals surface area contributed by atoms with Crippen LogP contribution >= 0.6 is 11.8 Å². The first kappa shape index (κ1) is 11.7. The second-order valence-electron chi connectivity index (χ2n) is 4.56. The average Bonchev–Trinajstić information content (AvgIpc) is 2.39. The van der Waals surface area contributed by atoms with Gasteiger partial charge >= 0.3 is 0 Å². The summed E-state index contributed by atoms with van der Waals surface area (Å²) in [5.41, 5.74) is 1.02. The summed E-state index contributed by atoms with van der Waals surface area (Å²) in [5, 5.41) is 0. The van der Waals surface area contributed by atoms with Gasteiger partial charge in [-0.15, -0.1) is 11.8 Å². The fraction of sp³-hybridized carbons (Fsp3) is 0.500. The predicted molar refractivity (Wildman–Crippen MR) is 69.1 cm³/mol. The first-order chi connectivity index (χ1) is 7.80. The van der Waals surface area contributed by atoms with Gasteiger partial charge in [0.15, 0.2) is 0 Å². The van der Waals surface area contributed by atoms with Gasteiger partial charge in [-0.3, -0.25) is 0 Å². The highest BCUT2D eigenvalue weighted by molar-refractivity contribution is 7.98. The number of hydrogen-bond acceptors (Lipinski definition) is 2. The number of carbonyl (C=O) groups excluding carboxylic acids is 1. The predicted octanol–water partition coefficient (Wildman–Crippen LogP) is 3.81. The molecule has 0 unspecified atom stereocenters. The molecule has 0 amide bonds. The van der Waals surface area contributed by atoms with Crippen LogP contribution in [0.5, 0.6) is 0 Å². The molecule has 1 nitrogen and oxygen atoms in total. The van der Waals surface area contributed by atoms with Crippen molar-refractivity contribution in [1.29, 1.82) is 0 Å². The van der Waals surface area contributed by atoms with E-state index in [1.54, 1.807) is 11.8 Å². The molecule has 2 heteroatoms. The molecule has 0 aromatic heterocycles. The number of thioether (sulfide) groups is 1. The largest absolute Gasteiger partial charge is 0.302 e. The van der Waals surface area contributed by atoms with E-state index in [-0.39, 0.29) is 5.41 Å². The van der Waals surface area contributed by atoms with Crippen LogP contribution < -0.4 is 0 Å². The van der Waals surface area contributed by atoms with Crippen LogP contribution in [0.4, 0.5) is 0 Å². The van der Waals surface area contributed by atoms with Crippen molar-refractivity contribution in [2.45, 2.75) is 42.4 Å². The Kier molecular flexibility index (Phi) is 3.70. The van der Waals surface area contributed by atoms with Crippen molar-refractivity contribution in [3.05, 3.63) is 29.8 Å². The Morgan fingerprint density at radius 1 is 1.12 bits per heavy atom. The maximum Gasteiger partial charge on any atom is 0.130 e. The van der Waals surface area contributed by atoms with Gasteiger partial charge in [0.25, 0.3) is 0 Å². The monoisotopic (exact) mass is 234 g/mol. The third-order valence-electron chi connectivity index (χ3n) is 3.64. The molecule has 0 N–H and O–H groups in total. The lowest BCUT2D eigenvalue weighted by Gasteiger charge is -2.32. The zero-order chi connectivity index (χ0) is 11.4. The summed E-state index contributed by atoms with van der Waals surface area (Å²) in [6.07, 6.45) is 8.94. The topological polar surface area (TPSA) is 17.1 Å². The molecule has 0 saturated heterocycles. The van der Waals surface area contributed by atoms with Gasteiger partial charge in [-0.2, -0.15) is 0 Å². The lowest BCUT2D eigenvalue weighted by atomic mass is 9.70. The minimum absolute atomic E-state index is 0.185. The van der Waals surface area contributed by atoms with Gasteiger partial charge in [0.05, 0.1) is 5.41 Å². The van der Waals surface area contributed by atoms with Crippen molar-refractivity contribution in [1.82, 2.24) is 0 Å². The summed E-state index contributed by atoms with van der Waals surface area (Å²) in [5.74, 6) is 0. The summed E-state index contributed by atoms with van der Waals surface area (Å²) in [4.78, 5) is 12.7. The van der Waals surface area contributed by atoms with Crippen molar-refractivity contribution in [2.75, 3.05) is 6.26 Å². The van der Waals surface area contributed by atoms with Crippen LogP contribution in [0.15, 0.2) is 29.2 Å². The van der Waals surface area contributed by atoms with Crippen LogP contribution in [0.3, 0.4) is 0 Å². The minimum Gasteiger partial charge on any atom is -0.302 e. The second-order valence-corrected chi connectivity index (χ2v) is 5.44. The number of benzene rings is 1. The van der Waals surface area contributed by atoms with E-state index >= 15 is 0 Å². The fourth-order valence-corrected chi connectivity index (χ4v) is 2.99. The van der Waals surface area contributed by atoms with Crippen molar-refractivity contribution in [3.63, 3.8) is 0 Å². The van der Waals surface area contributed by atoms with E-state index in [1.165, 1.54) is 36.0 Å². The van der Waals surface area contributed by atoms with Gasteiger partial charge in [-0.05, 0) is 36.8 Å². The molecular formula is C14H18OS. The van der Waals surface area contributed by atoms with Crippen LogP contribution in [-0.2, 0) is 10.2 Å². The molecule has 1 aliphatic rings. The molecule has 86 valence electrons. The Morgan fingerprint density at radius 2 is 1.75 bits per heavy atom. The number of aldehydes is 1. The third-order valence-corrected chi connectivity index (χ3v) is 4.38. The Morgan fingerprint density at radius 3 is 2.25 bits per heavy atom. The molecule has 1 aromatic rings. The van der Waals surface area contributed by atoms with Crippen LogP contribution in [0.25, 0.3) is 0 Å². The van der Waals surface area contributed by atoms with E-state index < -0.39 is 0 Å². The minimum atomic E-state index is -0.185. The molecule has 0 radical (unpaired) electrons. The molecule has 0 aliphatic heterocycles. The van der Waals surface area contributed by atoms with Gasteiger partial charge in [0.2, 0.25) is 0 Å². The van der Waals surface area contributed by atoms with E-state index in [0.29, 0.717) is 0 Å². The van der Waals surface area contributed by atoms with Gasteiger partial charge in [0, 0.05) is 4.90 Å². The van der Waals surface area contributed by atoms with Gasteiger partial charge in [-0.1, -0.05) is 31.4 Å². The second kappa shape index (κ2) is 5.05. The van der Waals surface area contributed by atoms with E-state index in [1.807, 2.05) is 0 Å². The zero-order valence-electron chi connectivity index (χ0n) is 9.74. The molecule has 16 heavy (non-hydrogen) atoms. The smallest absolute Gasteiger partial charge is 0.130 e. The molecule has 2 rings (SSSR count). The summed E-state index contributed by atoms with van der Waals surface area (Å²) < 4.78 is 0. The SMILES string of the molecule is CSc1ccc(C2(C=O)CCCCC2)cc1. The Labute approximate surface area is 102 Å². The zero-order valence-corrected chi connectivity index (χ0v) is 10.6. The highest BCUT2D eigenvalue weighted by atomic mass is 32.2. The summed E-state index contributed by atoms with van der Waals surface area (Å²) in [6, 6.07) is 8.51. The number of hydrogen-bond donors (Lipinski definition) is 0. The molecule has 1 aromatic carbocycles. The molecular weight excluding hydrogens is 216 g/mol. The van der Waals surface area contributed by atoms with E-state index in [0.717, 1.165) is 12.8 Å². The molecule has 0 bridgehead atoms. The summed E-state index contributed by atoms with van der Waals surface area (Å²) >= 11 is 1.74. The Balaban J connectivity index is 2.28. The molecule has 1 aliphatic carbocycles. The molecule has 0 atom stereocenters. The quantitative estimate of drug-likeness (QED) is 0.584. The highest BCUT2D eigenvalue weighted by Crippen LogP contribution is 2.38. The van der Waals surface area contributed by atoms with Gasteiger partial charge in [-0.25, -0.2) is 0 Å². The first-order valence-electron chi connectivity index (χ1n) is 5.92. The Bertz CT molecular complexity index is 350. The highest BCUT2D eigenvalue weighted by Gasteiger charge is 2.33. The fourth-order valence-electron chi connectivity index (χ4n) is 2.58. The van der Waals surface area contributed by atoms with Crippen molar-refractivity contribution >= 4 is 18.0 Å². The number of rotatable bonds is 3. The molecule has 1 fully saturated rings. The molecule has 1 saturated carbocycles. The van der Waals surface area contributed by atoms with Gasteiger partial charge in [0.1, 0.15) is 6.29 Å². The number of carbonyl (C=O) groups is 1. The van der Waals surface area contributed by atoms with Crippen LogP contribution in [-0.4, -0.2) is 12.5 Å². The molecule has 0 heterocycles. The summed E-state index contributed by atoms with van der Waals surface area (Å²) in [6.45, 7) is 0. The van der Waals surface area contributed by atoms with E-state index in [4.69, 9.17) is 0 Å². The first-order valence-corrected chi connectivity index (χ1v) is 7.14. The van der Waals surface area contributed by atoms with Crippen LogP contribution in [0.1, 0.15) is 37.7 Å². The van der Waals surface area contributed by atoms with E-state index in [9.17, 15) is 4.79 Å². The lowest BCUT2D eigenvalue weighted by molar-refractivity contribution is -0.113. The van der Waals surface area contributed by atoms with Crippen LogP contribution in [0, 0.1) is 0 Å². The van der Waals surface area contributed by atoms with Crippen molar-refractivity contribution < 1.29 is 4.79 Å². The van der Waals surface area contributed by atoms with Crippen molar-refractivity contribution in [2.24, 2.45) is 0 Å². The summed E-state index contributed by atoms with van der Waals surface area (Å²) in [7, 11) is 0. The normalized spacial score (nSPS) is 19.3. The average molecular weight is 234 g/mol. The van der Waals surface area contributed by atoms with E-state index in [2.05, 4.69) is 30.5 Å². The third kappa shape index (κ3) is 2.17. The molecule has 0 spiro atoms. The standard InChI is InChI=1S/C14H18OS/c1-16-13-7-5-12(6-8-13)14(11-15)9-3-2-4-10-14/h5-8,11H,2-4,9-10H2,1H3.